The molecule has 0 spiro atoms. The third kappa shape index (κ3) is 2.99. The highest BCUT2D eigenvalue weighted by Crippen LogP contribution is 2.40. The molecule has 0 bridgehead atoms. The van der Waals surface area contributed by atoms with E-state index in [0.717, 1.165) is 15.8 Å². The fourth-order valence-electron chi connectivity index (χ4n) is 1.95. The van der Waals surface area contributed by atoms with E-state index in [0.29, 0.717) is 11.3 Å². The molecule has 0 aromatic heterocycles. The lowest BCUT2D eigenvalue weighted by Gasteiger charge is -2.16. The van der Waals surface area contributed by atoms with E-state index in [-0.39, 0.29) is 10.6 Å². The zero-order chi connectivity index (χ0) is 14.7. The van der Waals surface area contributed by atoms with Gasteiger partial charge in [0.25, 0.3) is 0 Å². The van der Waals surface area contributed by atoms with E-state index in [1.165, 1.54) is 13.2 Å². The van der Waals surface area contributed by atoms with Crippen LogP contribution in [0.15, 0.2) is 40.9 Å². The monoisotopic (exact) mass is 402 g/mol. The number of halogens is 3. The second-order valence-electron chi connectivity index (χ2n) is 4.11. The SMILES string of the molecule is COc1ccc(C(Br)c2c(F)cccc2OC)cc1Br. The number of hydrogen-bond acceptors (Lipinski definition) is 2. The molecule has 0 saturated heterocycles. The zero-order valence-electron chi connectivity index (χ0n) is 11.0. The van der Waals surface area contributed by atoms with Crippen LogP contribution in [0.1, 0.15) is 16.0 Å². The molecule has 1 unspecified atom stereocenters. The molecule has 0 saturated carbocycles. The van der Waals surface area contributed by atoms with Crippen molar-refractivity contribution in [3.05, 3.63) is 57.8 Å². The molecule has 2 aromatic rings. The van der Waals surface area contributed by atoms with Crippen LogP contribution in [-0.4, -0.2) is 14.2 Å². The topological polar surface area (TPSA) is 18.5 Å². The highest BCUT2D eigenvalue weighted by molar-refractivity contribution is 9.10. The minimum Gasteiger partial charge on any atom is -0.496 e. The van der Waals surface area contributed by atoms with Crippen LogP contribution in [0.5, 0.6) is 11.5 Å². The molecular formula is C15H13Br2FO2. The van der Waals surface area contributed by atoms with Gasteiger partial charge in [0.2, 0.25) is 0 Å². The smallest absolute Gasteiger partial charge is 0.133 e. The first-order chi connectivity index (χ1) is 9.58. The van der Waals surface area contributed by atoms with Crippen LogP contribution >= 0.6 is 31.9 Å². The molecule has 0 fully saturated rings. The number of alkyl halides is 1. The van der Waals surface area contributed by atoms with Crippen LogP contribution in [0.2, 0.25) is 0 Å². The molecule has 2 aromatic carbocycles. The van der Waals surface area contributed by atoms with Crippen molar-refractivity contribution in [3.63, 3.8) is 0 Å². The number of hydrogen-bond donors (Lipinski definition) is 0. The first-order valence-corrected chi connectivity index (χ1v) is 7.59. The van der Waals surface area contributed by atoms with E-state index in [4.69, 9.17) is 9.47 Å². The average Bonchev–Trinajstić information content (AvgIpc) is 2.46. The van der Waals surface area contributed by atoms with E-state index in [9.17, 15) is 4.39 Å². The predicted molar refractivity (Wildman–Crippen MR) is 84.4 cm³/mol. The summed E-state index contributed by atoms with van der Waals surface area (Å²) in [5.41, 5.74) is 1.38. The summed E-state index contributed by atoms with van der Waals surface area (Å²) in [5.74, 6) is 0.936. The minimum atomic E-state index is -0.307. The first kappa shape index (κ1) is 15.3. The molecule has 0 aliphatic rings. The molecule has 5 heteroatoms. The van der Waals surface area contributed by atoms with Crippen molar-refractivity contribution in [2.24, 2.45) is 0 Å². The Bertz CT molecular complexity index is 617. The summed E-state index contributed by atoms with van der Waals surface area (Å²) < 4.78 is 25.3. The molecule has 106 valence electrons. The third-order valence-electron chi connectivity index (χ3n) is 2.95. The third-order valence-corrected chi connectivity index (χ3v) is 4.56. The summed E-state index contributed by atoms with van der Waals surface area (Å²) in [6, 6.07) is 10.4. The molecule has 20 heavy (non-hydrogen) atoms. The highest BCUT2D eigenvalue weighted by Gasteiger charge is 2.20. The molecule has 2 nitrogen and oxygen atoms in total. The van der Waals surface area contributed by atoms with Gasteiger partial charge in [-0.05, 0) is 45.8 Å². The van der Waals surface area contributed by atoms with Crippen LogP contribution in [0.3, 0.4) is 0 Å². The summed E-state index contributed by atoms with van der Waals surface area (Å²) in [4.78, 5) is -0.305. The second-order valence-corrected chi connectivity index (χ2v) is 5.88. The van der Waals surface area contributed by atoms with Gasteiger partial charge in [0.1, 0.15) is 17.3 Å². The fourth-order valence-corrected chi connectivity index (χ4v) is 3.24. The Labute approximate surface area is 134 Å². The van der Waals surface area contributed by atoms with Gasteiger partial charge in [-0.25, -0.2) is 4.39 Å². The lowest BCUT2D eigenvalue weighted by Crippen LogP contribution is -2.01. The van der Waals surface area contributed by atoms with Crippen molar-refractivity contribution in [3.8, 4) is 11.5 Å². The van der Waals surface area contributed by atoms with Crippen molar-refractivity contribution in [1.82, 2.24) is 0 Å². The second kappa shape index (κ2) is 6.59. The number of ether oxygens (including phenoxy) is 2. The van der Waals surface area contributed by atoms with E-state index < -0.39 is 0 Å². The molecule has 0 N–H and O–H groups in total. The molecular weight excluding hydrogens is 391 g/mol. The highest BCUT2D eigenvalue weighted by atomic mass is 79.9. The maximum atomic E-state index is 14.1. The quantitative estimate of drug-likeness (QED) is 0.662. The molecule has 2 rings (SSSR count). The van der Waals surface area contributed by atoms with Gasteiger partial charge < -0.3 is 9.47 Å². The van der Waals surface area contributed by atoms with Gasteiger partial charge in [0.05, 0.1) is 23.5 Å². The van der Waals surface area contributed by atoms with Crippen molar-refractivity contribution in [2.75, 3.05) is 14.2 Å². The standard InChI is InChI=1S/C15H13Br2FO2/c1-19-12-7-6-9(8-10(12)16)15(17)14-11(18)4-3-5-13(14)20-2/h3-8,15H,1-2H3. The van der Waals surface area contributed by atoms with Crippen LogP contribution in [-0.2, 0) is 0 Å². The maximum Gasteiger partial charge on any atom is 0.133 e. The number of benzene rings is 2. The number of rotatable bonds is 4. The summed E-state index contributed by atoms with van der Waals surface area (Å²) in [5, 5.41) is 0. The van der Waals surface area contributed by atoms with Crippen molar-refractivity contribution >= 4 is 31.9 Å². The molecule has 0 heterocycles. The largest absolute Gasteiger partial charge is 0.496 e. The van der Waals surface area contributed by atoms with E-state index in [2.05, 4.69) is 31.9 Å². The van der Waals surface area contributed by atoms with Crippen LogP contribution in [0.4, 0.5) is 4.39 Å². The van der Waals surface area contributed by atoms with Gasteiger partial charge >= 0.3 is 0 Å². The number of methoxy groups -OCH3 is 2. The summed E-state index contributed by atoms with van der Waals surface area (Å²) >= 11 is 6.97. The minimum absolute atomic E-state index is 0.305. The molecule has 1 atom stereocenters. The van der Waals surface area contributed by atoms with Gasteiger partial charge in [0, 0.05) is 5.56 Å². The Kier molecular flexibility index (Phi) is 5.05. The van der Waals surface area contributed by atoms with Crippen molar-refractivity contribution in [2.45, 2.75) is 4.83 Å². The molecule has 0 amide bonds. The van der Waals surface area contributed by atoms with Crippen LogP contribution in [0, 0.1) is 5.82 Å². The Morgan fingerprint density at radius 3 is 2.35 bits per heavy atom. The van der Waals surface area contributed by atoms with Gasteiger partial charge in [-0.15, -0.1) is 0 Å². The summed E-state index contributed by atoms with van der Waals surface area (Å²) in [6.07, 6.45) is 0. The van der Waals surface area contributed by atoms with Crippen LogP contribution in [0.25, 0.3) is 0 Å². The summed E-state index contributed by atoms with van der Waals surface area (Å²) in [6.45, 7) is 0. The normalized spacial score (nSPS) is 12.1. The first-order valence-electron chi connectivity index (χ1n) is 5.88. The molecule has 0 radical (unpaired) electrons. The maximum absolute atomic E-state index is 14.1. The lowest BCUT2D eigenvalue weighted by atomic mass is 10.0. The summed E-state index contributed by atoms with van der Waals surface area (Å²) in [7, 11) is 3.13. The van der Waals surface area contributed by atoms with Crippen molar-refractivity contribution in [1.29, 1.82) is 0 Å². The Balaban J connectivity index is 2.46. The van der Waals surface area contributed by atoms with Gasteiger partial charge in [-0.2, -0.15) is 0 Å². The van der Waals surface area contributed by atoms with E-state index in [1.54, 1.807) is 19.2 Å². The van der Waals surface area contributed by atoms with Gasteiger partial charge in [-0.3, -0.25) is 0 Å². The van der Waals surface area contributed by atoms with Crippen LogP contribution < -0.4 is 9.47 Å². The van der Waals surface area contributed by atoms with Gasteiger partial charge in [-0.1, -0.05) is 28.1 Å². The molecule has 0 aliphatic heterocycles. The van der Waals surface area contributed by atoms with E-state index in [1.807, 2.05) is 18.2 Å². The Morgan fingerprint density at radius 1 is 1.05 bits per heavy atom. The molecule has 0 aliphatic carbocycles. The predicted octanol–water partition coefficient (Wildman–Crippen LogP) is 5.09. The zero-order valence-corrected chi connectivity index (χ0v) is 14.2. The fraction of sp³-hybridized carbons (Fsp3) is 0.200. The Morgan fingerprint density at radius 2 is 1.75 bits per heavy atom. The Hall–Kier alpha value is -1.07. The van der Waals surface area contributed by atoms with E-state index >= 15 is 0 Å². The average molecular weight is 404 g/mol. The van der Waals surface area contributed by atoms with Gasteiger partial charge in [0.15, 0.2) is 0 Å². The lowest BCUT2D eigenvalue weighted by molar-refractivity contribution is 0.405. The van der Waals surface area contributed by atoms with Crippen molar-refractivity contribution < 1.29 is 13.9 Å².